The fourth-order valence-electron chi connectivity index (χ4n) is 5.18. The molecule has 1 aromatic carbocycles. The van der Waals surface area contributed by atoms with Gasteiger partial charge in [0.05, 0.1) is 0 Å². The number of benzene rings is 1. The van der Waals surface area contributed by atoms with Crippen LogP contribution < -0.4 is 5.32 Å². The SMILES string of the molecule is O=C(NC1S[C@@]1(CC1CCCCC1)C(=O)O)OC1CCCC1Cc1cccc(Cl)c1. The number of nitrogens with one attached hydrogen (secondary N) is 1. The topological polar surface area (TPSA) is 75.6 Å². The van der Waals surface area contributed by atoms with E-state index in [2.05, 4.69) is 11.4 Å². The van der Waals surface area contributed by atoms with Gasteiger partial charge in [-0.3, -0.25) is 4.79 Å². The number of carbonyl (C=O) groups is 2. The van der Waals surface area contributed by atoms with Crippen LogP contribution in [0.2, 0.25) is 5.02 Å². The highest BCUT2D eigenvalue weighted by Crippen LogP contribution is 2.57. The second kappa shape index (κ2) is 9.39. The van der Waals surface area contributed by atoms with Crippen molar-refractivity contribution in [2.75, 3.05) is 0 Å². The van der Waals surface area contributed by atoms with Crippen LogP contribution in [0.3, 0.4) is 0 Å². The summed E-state index contributed by atoms with van der Waals surface area (Å²) in [7, 11) is 0. The Labute approximate surface area is 187 Å². The summed E-state index contributed by atoms with van der Waals surface area (Å²) in [4.78, 5) is 24.5. The maximum atomic E-state index is 12.5. The van der Waals surface area contributed by atoms with Crippen LogP contribution in [0, 0.1) is 11.8 Å². The third-order valence-electron chi connectivity index (χ3n) is 6.86. The normalized spacial score (nSPS) is 31.3. The molecule has 3 unspecified atom stereocenters. The molecule has 2 N–H and O–H groups in total. The molecule has 7 heteroatoms. The zero-order valence-corrected chi connectivity index (χ0v) is 18.7. The number of aliphatic carboxylic acids is 1. The summed E-state index contributed by atoms with van der Waals surface area (Å²) in [5, 5.41) is 13.0. The maximum Gasteiger partial charge on any atom is 0.408 e. The molecule has 4 atom stereocenters. The van der Waals surface area contributed by atoms with E-state index in [0.29, 0.717) is 12.3 Å². The lowest BCUT2D eigenvalue weighted by Crippen LogP contribution is -2.40. The molecule has 3 aliphatic rings. The van der Waals surface area contributed by atoms with Gasteiger partial charge in [0.2, 0.25) is 0 Å². The molecule has 1 heterocycles. The highest BCUT2D eigenvalue weighted by molar-refractivity contribution is 8.09. The van der Waals surface area contributed by atoms with Crippen LogP contribution >= 0.6 is 23.4 Å². The Morgan fingerprint density at radius 1 is 1.17 bits per heavy atom. The molecule has 164 valence electrons. The van der Waals surface area contributed by atoms with Crippen molar-refractivity contribution in [1.29, 1.82) is 0 Å². The summed E-state index contributed by atoms with van der Waals surface area (Å²) in [6, 6.07) is 7.81. The van der Waals surface area contributed by atoms with Gasteiger partial charge in [0.25, 0.3) is 0 Å². The lowest BCUT2D eigenvalue weighted by molar-refractivity contribution is -0.139. The van der Waals surface area contributed by atoms with E-state index in [1.165, 1.54) is 31.0 Å². The fraction of sp³-hybridized carbons (Fsp3) is 0.652. The maximum absolute atomic E-state index is 12.5. The molecule has 3 fully saturated rings. The van der Waals surface area contributed by atoms with Crippen molar-refractivity contribution >= 4 is 35.4 Å². The predicted molar refractivity (Wildman–Crippen MR) is 119 cm³/mol. The molecule has 2 saturated carbocycles. The van der Waals surface area contributed by atoms with Crippen molar-refractivity contribution in [2.45, 2.75) is 80.4 Å². The molecule has 4 rings (SSSR count). The molecule has 0 aromatic heterocycles. The molecule has 0 radical (unpaired) electrons. The zero-order valence-electron chi connectivity index (χ0n) is 17.1. The van der Waals surface area contributed by atoms with E-state index < -0.39 is 22.2 Å². The van der Waals surface area contributed by atoms with Crippen molar-refractivity contribution in [2.24, 2.45) is 11.8 Å². The van der Waals surface area contributed by atoms with E-state index in [9.17, 15) is 14.7 Å². The first-order chi connectivity index (χ1) is 14.5. The number of carbonyl (C=O) groups excluding carboxylic acids is 1. The molecule has 30 heavy (non-hydrogen) atoms. The third-order valence-corrected chi connectivity index (χ3v) is 8.59. The number of alkyl carbamates (subject to hydrolysis) is 1. The van der Waals surface area contributed by atoms with Gasteiger partial charge in [-0.1, -0.05) is 55.8 Å². The number of hydrogen-bond donors (Lipinski definition) is 2. The van der Waals surface area contributed by atoms with Crippen LogP contribution in [0.4, 0.5) is 4.79 Å². The lowest BCUT2D eigenvalue weighted by atomic mass is 9.82. The summed E-state index contributed by atoms with van der Waals surface area (Å²) in [6.07, 6.45) is 9.55. The summed E-state index contributed by atoms with van der Waals surface area (Å²) in [6.45, 7) is 0. The first-order valence-electron chi connectivity index (χ1n) is 11.1. The Bertz CT molecular complexity index is 784. The highest BCUT2D eigenvalue weighted by Gasteiger charge is 2.63. The number of halogens is 1. The predicted octanol–water partition coefficient (Wildman–Crippen LogP) is 5.64. The number of carboxylic acids is 1. The van der Waals surface area contributed by atoms with Crippen LogP contribution in [-0.4, -0.2) is 33.4 Å². The zero-order chi connectivity index (χ0) is 21.1. The second-order valence-corrected chi connectivity index (χ2v) is 10.9. The number of rotatable bonds is 7. The van der Waals surface area contributed by atoms with Gasteiger partial charge in [-0.05, 0) is 55.7 Å². The highest BCUT2D eigenvalue weighted by atomic mass is 35.5. The van der Waals surface area contributed by atoms with Crippen molar-refractivity contribution in [1.82, 2.24) is 5.32 Å². The average molecular weight is 452 g/mol. The minimum Gasteiger partial charge on any atom is -0.480 e. The van der Waals surface area contributed by atoms with Crippen molar-refractivity contribution < 1.29 is 19.4 Å². The number of ether oxygens (including phenoxy) is 1. The van der Waals surface area contributed by atoms with E-state index in [1.807, 2.05) is 18.2 Å². The Morgan fingerprint density at radius 3 is 2.70 bits per heavy atom. The van der Waals surface area contributed by atoms with Crippen LogP contribution in [0.5, 0.6) is 0 Å². The smallest absolute Gasteiger partial charge is 0.408 e. The standard InChI is InChI=1S/C23H30ClNO4S/c24-18-10-4-8-16(13-18)12-17-9-5-11-19(17)29-22(28)25-20-23(30-20,21(26)27)14-15-6-2-1-3-7-15/h4,8,10,13,15,17,19-20H,1-3,5-7,9,11-12,14H2,(H,25,28)(H,26,27)/t17?,19?,20?,23-/m1/s1. The van der Waals surface area contributed by atoms with E-state index in [4.69, 9.17) is 16.3 Å². The van der Waals surface area contributed by atoms with Crippen molar-refractivity contribution in [3.05, 3.63) is 34.9 Å². The van der Waals surface area contributed by atoms with Gasteiger partial charge < -0.3 is 15.2 Å². The number of carboxylic acid groups (broad SMARTS) is 1. The van der Waals surface area contributed by atoms with Gasteiger partial charge >= 0.3 is 12.1 Å². The van der Waals surface area contributed by atoms with Crippen LogP contribution in [0.15, 0.2) is 24.3 Å². The quantitative estimate of drug-likeness (QED) is 0.524. The number of amides is 1. The molecule has 1 amide bonds. The second-order valence-electron chi connectivity index (χ2n) is 9.01. The van der Waals surface area contributed by atoms with E-state index >= 15 is 0 Å². The van der Waals surface area contributed by atoms with Gasteiger partial charge in [-0.2, -0.15) is 0 Å². The van der Waals surface area contributed by atoms with E-state index in [-0.39, 0.29) is 12.0 Å². The van der Waals surface area contributed by atoms with Gasteiger partial charge in [-0.15, -0.1) is 11.8 Å². The Morgan fingerprint density at radius 2 is 1.97 bits per heavy atom. The Balaban J connectivity index is 1.30. The molecule has 2 aliphatic carbocycles. The molecule has 1 aromatic rings. The molecule has 0 bridgehead atoms. The van der Waals surface area contributed by atoms with Crippen LogP contribution in [0.1, 0.15) is 63.4 Å². The molecule has 5 nitrogen and oxygen atoms in total. The summed E-state index contributed by atoms with van der Waals surface area (Å²) in [5.41, 5.74) is 1.15. The Hall–Kier alpha value is -1.40. The van der Waals surface area contributed by atoms with Gasteiger partial charge in [0.1, 0.15) is 16.2 Å². The summed E-state index contributed by atoms with van der Waals surface area (Å²) >= 11 is 7.44. The largest absolute Gasteiger partial charge is 0.480 e. The van der Waals surface area contributed by atoms with Crippen LogP contribution in [-0.2, 0) is 16.0 Å². The van der Waals surface area contributed by atoms with E-state index in [0.717, 1.165) is 49.1 Å². The lowest BCUT2D eigenvalue weighted by Gasteiger charge is -2.24. The van der Waals surface area contributed by atoms with Crippen LogP contribution in [0.25, 0.3) is 0 Å². The van der Waals surface area contributed by atoms with Crippen molar-refractivity contribution in [3.63, 3.8) is 0 Å². The molecular weight excluding hydrogens is 422 g/mol. The minimum atomic E-state index is -0.878. The van der Waals surface area contributed by atoms with E-state index in [1.54, 1.807) is 0 Å². The molecule has 1 aliphatic heterocycles. The number of thioether (sulfide) groups is 1. The number of hydrogen-bond acceptors (Lipinski definition) is 4. The first-order valence-corrected chi connectivity index (χ1v) is 12.3. The van der Waals surface area contributed by atoms with Gasteiger partial charge in [-0.25, -0.2) is 4.79 Å². The Kier molecular flexibility index (Phi) is 6.83. The third kappa shape index (κ3) is 5.08. The van der Waals surface area contributed by atoms with Gasteiger partial charge in [0, 0.05) is 10.9 Å². The molecular formula is C23H30ClNO4S. The summed E-state index contributed by atoms with van der Waals surface area (Å²) < 4.78 is 4.87. The summed E-state index contributed by atoms with van der Waals surface area (Å²) in [5.74, 6) is -0.0994. The average Bonchev–Trinajstić information content (AvgIpc) is 3.22. The molecule has 0 spiro atoms. The molecule has 1 saturated heterocycles. The minimum absolute atomic E-state index is 0.134. The van der Waals surface area contributed by atoms with Gasteiger partial charge in [0.15, 0.2) is 0 Å². The first kappa shape index (κ1) is 21.8. The fourth-order valence-corrected chi connectivity index (χ4v) is 6.59. The van der Waals surface area contributed by atoms with Crippen molar-refractivity contribution in [3.8, 4) is 0 Å². The monoisotopic (exact) mass is 451 g/mol.